The molecule has 1 heterocycles. The first-order valence-corrected chi connectivity index (χ1v) is 6.90. The summed E-state index contributed by atoms with van der Waals surface area (Å²) < 4.78 is 5.30. The second-order valence-corrected chi connectivity index (χ2v) is 5.52. The summed E-state index contributed by atoms with van der Waals surface area (Å²) in [4.78, 5) is 16.2. The molecule has 1 aromatic heterocycles. The van der Waals surface area contributed by atoms with Gasteiger partial charge in [-0.25, -0.2) is 0 Å². The van der Waals surface area contributed by atoms with E-state index in [1.807, 2.05) is 12.1 Å². The Bertz CT molecular complexity index is 630. The number of nitrogens with zero attached hydrogens (tertiary/aromatic N) is 2. The van der Waals surface area contributed by atoms with E-state index >= 15 is 0 Å². The number of aromatic nitrogens is 2. The summed E-state index contributed by atoms with van der Waals surface area (Å²) in [5, 5.41) is 4.59. The maximum Gasteiger partial charge on any atom is 0.242 e. The van der Waals surface area contributed by atoms with Crippen LogP contribution in [0.4, 0.5) is 0 Å². The Balaban J connectivity index is 1.97. The second kappa shape index (κ2) is 4.90. The summed E-state index contributed by atoms with van der Waals surface area (Å²) >= 11 is 5.85. The molecule has 1 aromatic carbocycles. The number of amides is 1. The third-order valence-electron chi connectivity index (χ3n) is 3.87. The molecule has 0 bridgehead atoms. The van der Waals surface area contributed by atoms with Gasteiger partial charge in [-0.1, -0.05) is 29.6 Å². The molecule has 0 unspecified atom stereocenters. The Kier molecular flexibility index (Phi) is 3.22. The summed E-state index contributed by atoms with van der Waals surface area (Å²) in [6.45, 7) is 0. The van der Waals surface area contributed by atoms with Crippen molar-refractivity contribution in [1.82, 2.24) is 10.1 Å². The molecule has 5 nitrogen and oxygen atoms in total. The fourth-order valence-corrected chi connectivity index (χ4v) is 2.80. The predicted octanol–water partition coefficient (Wildman–Crippen LogP) is 2.69. The molecule has 2 N–H and O–H groups in total. The highest BCUT2D eigenvalue weighted by Gasteiger charge is 2.46. The van der Waals surface area contributed by atoms with E-state index in [0.29, 0.717) is 29.6 Å². The van der Waals surface area contributed by atoms with Gasteiger partial charge in [0.25, 0.3) is 0 Å². The van der Waals surface area contributed by atoms with E-state index in [4.69, 9.17) is 21.9 Å². The number of hydrogen-bond donors (Lipinski definition) is 1. The zero-order valence-electron chi connectivity index (χ0n) is 10.8. The number of nitrogens with two attached hydrogens (primary N) is 1. The Morgan fingerprint density at radius 2 is 1.90 bits per heavy atom. The van der Waals surface area contributed by atoms with E-state index in [9.17, 15) is 4.79 Å². The van der Waals surface area contributed by atoms with E-state index in [2.05, 4.69) is 10.1 Å². The molecule has 0 aliphatic heterocycles. The average molecular weight is 292 g/mol. The van der Waals surface area contributed by atoms with E-state index in [-0.39, 0.29) is 5.91 Å². The van der Waals surface area contributed by atoms with Crippen molar-refractivity contribution in [1.29, 1.82) is 0 Å². The van der Waals surface area contributed by atoms with Crippen LogP contribution in [0.2, 0.25) is 5.02 Å². The minimum atomic E-state index is -0.794. The van der Waals surface area contributed by atoms with Crippen molar-refractivity contribution in [3.05, 3.63) is 35.2 Å². The number of benzene rings is 1. The molecule has 1 saturated carbocycles. The van der Waals surface area contributed by atoms with E-state index in [0.717, 1.165) is 18.4 Å². The highest BCUT2D eigenvalue weighted by molar-refractivity contribution is 6.30. The lowest BCUT2D eigenvalue weighted by Crippen LogP contribution is -2.39. The van der Waals surface area contributed by atoms with Crippen molar-refractivity contribution in [3.8, 4) is 11.4 Å². The molecule has 0 radical (unpaired) electrons. The summed E-state index contributed by atoms with van der Waals surface area (Å²) in [5.74, 6) is 0.387. The Hall–Kier alpha value is -1.88. The first-order valence-electron chi connectivity index (χ1n) is 6.52. The van der Waals surface area contributed by atoms with Crippen molar-refractivity contribution in [2.75, 3.05) is 0 Å². The van der Waals surface area contributed by atoms with E-state index < -0.39 is 5.41 Å². The highest BCUT2D eigenvalue weighted by Crippen LogP contribution is 2.40. The monoisotopic (exact) mass is 291 g/mol. The third kappa shape index (κ3) is 2.08. The van der Waals surface area contributed by atoms with Crippen LogP contribution < -0.4 is 5.73 Å². The fraction of sp³-hybridized carbons (Fsp3) is 0.357. The van der Waals surface area contributed by atoms with Gasteiger partial charge in [0.1, 0.15) is 5.41 Å². The molecule has 1 fully saturated rings. The molecule has 104 valence electrons. The molecule has 6 heteroatoms. The number of carbonyl (C=O) groups is 1. The van der Waals surface area contributed by atoms with Crippen molar-refractivity contribution >= 4 is 17.5 Å². The SMILES string of the molecule is NC(=O)C1(c2nc(-c3ccc(Cl)cc3)no2)CCCC1. The van der Waals surface area contributed by atoms with Crippen LogP contribution in [0.15, 0.2) is 28.8 Å². The maximum atomic E-state index is 11.8. The molecule has 1 amide bonds. The highest BCUT2D eigenvalue weighted by atomic mass is 35.5. The van der Waals surface area contributed by atoms with Crippen LogP contribution in [0.1, 0.15) is 31.6 Å². The van der Waals surface area contributed by atoms with Crippen LogP contribution in [-0.4, -0.2) is 16.0 Å². The van der Waals surface area contributed by atoms with E-state index in [1.54, 1.807) is 12.1 Å². The third-order valence-corrected chi connectivity index (χ3v) is 4.12. The lowest BCUT2D eigenvalue weighted by molar-refractivity contribution is -0.124. The van der Waals surface area contributed by atoms with Gasteiger partial charge in [0.05, 0.1) is 0 Å². The van der Waals surface area contributed by atoms with Crippen LogP contribution in [0.25, 0.3) is 11.4 Å². The number of carbonyl (C=O) groups excluding carboxylic acids is 1. The van der Waals surface area contributed by atoms with Crippen molar-refractivity contribution in [2.45, 2.75) is 31.1 Å². The van der Waals surface area contributed by atoms with Gasteiger partial charge in [-0.2, -0.15) is 4.98 Å². The number of hydrogen-bond acceptors (Lipinski definition) is 4. The molecule has 0 spiro atoms. The molecular formula is C14H14ClN3O2. The van der Waals surface area contributed by atoms with Crippen LogP contribution in [0.3, 0.4) is 0 Å². The zero-order valence-corrected chi connectivity index (χ0v) is 11.6. The Morgan fingerprint density at radius 1 is 1.25 bits per heavy atom. The fourth-order valence-electron chi connectivity index (χ4n) is 2.68. The van der Waals surface area contributed by atoms with Crippen molar-refractivity contribution in [2.24, 2.45) is 5.73 Å². The van der Waals surface area contributed by atoms with Crippen LogP contribution >= 0.6 is 11.6 Å². The van der Waals surface area contributed by atoms with E-state index in [1.165, 1.54) is 0 Å². The maximum absolute atomic E-state index is 11.8. The Morgan fingerprint density at radius 3 is 2.50 bits per heavy atom. The van der Waals surface area contributed by atoms with Crippen LogP contribution in [0.5, 0.6) is 0 Å². The van der Waals surface area contributed by atoms with Crippen LogP contribution in [0, 0.1) is 0 Å². The smallest absolute Gasteiger partial charge is 0.242 e. The molecule has 1 aliphatic rings. The lowest BCUT2D eigenvalue weighted by atomic mass is 9.85. The second-order valence-electron chi connectivity index (χ2n) is 5.08. The summed E-state index contributed by atoms with van der Waals surface area (Å²) in [6.07, 6.45) is 3.23. The molecule has 1 aliphatic carbocycles. The molecule has 2 aromatic rings. The normalized spacial score (nSPS) is 17.2. The summed E-state index contributed by atoms with van der Waals surface area (Å²) in [5.41, 5.74) is 5.55. The first kappa shape index (κ1) is 13.1. The average Bonchev–Trinajstić information content (AvgIpc) is 3.09. The first-order chi connectivity index (χ1) is 9.62. The molecule has 0 saturated heterocycles. The van der Waals surface area contributed by atoms with Crippen molar-refractivity contribution < 1.29 is 9.32 Å². The lowest BCUT2D eigenvalue weighted by Gasteiger charge is -2.19. The van der Waals surface area contributed by atoms with Gasteiger partial charge in [-0.15, -0.1) is 0 Å². The minimum Gasteiger partial charge on any atom is -0.369 e. The van der Waals surface area contributed by atoms with Crippen LogP contribution in [-0.2, 0) is 10.2 Å². The van der Waals surface area contributed by atoms with Gasteiger partial charge < -0.3 is 10.3 Å². The zero-order chi connectivity index (χ0) is 14.2. The Labute approximate surface area is 121 Å². The molecule has 0 atom stereocenters. The quantitative estimate of drug-likeness (QED) is 0.942. The number of rotatable bonds is 3. The largest absolute Gasteiger partial charge is 0.369 e. The number of primary amides is 1. The molecule has 20 heavy (non-hydrogen) atoms. The summed E-state index contributed by atoms with van der Waals surface area (Å²) in [6, 6.07) is 7.13. The van der Waals surface area contributed by atoms with Gasteiger partial charge in [0.2, 0.25) is 17.6 Å². The standard InChI is InChI=1S/C14H14ClN3O2/c15-10-5-3-9(4-6-10)11-17-13(20-18-11)14(12(16)19)7-1-2-8-14/h3-6H,1-2,7-8H2,(H2,16,19). The van der Waals surface area contributed by atoms with Gasteiger partial charge in [-0.3, -0.25) is 4.79 Å². The molecular weight excluding hydrogens is 278 g/mol. The summed E-state index contributed by atoms with van der Waals surface area (Å²) in [7, 11) is 0. The predicted molar refractivity (Wildman–Crippen MR) is 74.1 cm³/mol. The number of halogens is 1. The van der Waals surface area contributed by atoms with Crippen molar-refractivity contribution in [3.63, 3.8) is 0 Å². The topological polar surface area (TPSA) is 82.0 Å². The van der Waals surface area contributed by atoms with Gasteiger partial charge in [0, 0.05) is 10.6 Å². The van der Waals surface area contributed by atoms with Gasteiger partial charge in [-0.05, 0) is 37.1 Å². The van der Waals surface area contributed by atoms with Gasteiger partial charge in [0.15, 0.2) is 0 Å². The minimum absolute atomic E-state index is 0.326. The van der Waals surface area contributed by atoms with Gasteiger partial charge >= 0.3 is 0 Å². The molecule has 3 rings (SSSR count).